The Morgan fingerprint density at radius 3 is 2.90 bits per heavy atom. The number of halogens is 1. The number of carbonyl (C=O) groups is 1. The number of hydrogen-bond acceptors (Lipinski definition) is 4. The Morgan fingerprint density at radius 2 is 2.25 bits per heavy atom. The zero-order chi connectivity index (χ0) is 14.5. The molecule has 1 aromatic carbocycles. The van der Waals surface area contributed by atoms with Crippen molar-refractivity contribution in [2.75, 3.05) is 24.2 Å². The number of nitrogen functional groups attached to an aromatic ring is 1. The molecule has 1 aliphatic rings. The van der Waals surface area contributed by atoms with E-state index in [2.05, 4.69) is 10.6 Å². The molecule has 1 fully saturated rings. The molecule has 1 amide bonds. The lowest BCUT2D eigenvalue weighted by molar-refractivity contribution is -0.120. The number of nitrogens with two attached hydrogens (primary N) is 1. The highest BCUT2D eigenvalue weighted by Crippen LogP contribution is 2.28. The van der Waals surface area contributed by atoms with E-state index in [0.29, 0.717) is 37.0 Å². The Kier molecular flexibility index (Phi) is 4.65. The minimum absolute atomic E-state index is 0.0192. The highest BCUT2D eigenvalue weighted by atomic mass is 19.1. The molecular weight excluding hydrogens is 261 g/mol. The van der Waals surface area contributed by atoms with Crippen molar-refractivity contribution in [2.45, 2.75) is 32.2 Å². The van der Waals surface area contributed by atoms with Gasteiger partial charge in [-0.05, 0) is 19.8 Å². The van der Waals surface area contributed by atoms with Crippen LogP contribution >= 0.6 is 0 Å². The predicted molar refractivity (Wildman–Crippen MR) is 76.3 cm³/mol. The minimum Gasteiger partial charge on any atom is -0.491 e. The molecule has 0 spiro atoms. The number of carbonyl (C=O) groups excluding carboxylic acids is 1. The number of hydrogen-bond donors (Lipinski definition) is 3. The molecule has 5 nitrogen and oxygen atoms in total. The number of ether oxygens (including phenoxy) is 1. The molecule has 1 aliphatic carbocycles. The average molecular weight is 281 g/mol. The molecule has 0 unspecified atom stereocenters. The molecular formula is C14H20FN3O2. The maximum absolute atomic E-state index is 13.5. The summed E-state index contributed by atoms with van der Waals surface area (Å²) < 4.78 is 18.7. The Morgan fingerprint density at radius 1 is 1.50 bits per heavy atom. The van der Waals surface area contributed by atoms with Gasteiger partial charge in [0.25, 0.3) is 0 Å². The lowest BCUT2D eigenvalue weighted by atomic mass is 10.2. The summed E-state index contributed by atoms with van der Waals surface area (Å²) in [5.74, 6) is -0.307. The lowest BCUT2D eigenvalue weighted by Gasteiger charge is -2.12. The van der Waals surface area contributed by atoms with E-state index in [1.165, 1.54) is 12.1 Å². The summed E-state index contributed by atoms with van der Waals surface area (Å²) in [5.41, 5.74) is 6.61. The van der Waals surface area contributed by atoms with Crippen LogP contribution in [-0.2, 0) is 4.79 Å². The van der Waals surface area contributed by atoms with Crippen LogP contribution in [0.3, 0.4) is 0 Å². The molecule has 6 heteroatoms. The SMILES string of the molecule is CCOc1cc(NCCC(=O)NC2CC2)c(N)cc1F. The highest BCUT2D eigenvalue weighted by molar-refractivity contribution is 5.77. The summed E-state index contributed by atoms with van der Waals surface area (Å²) in [4.78, 5) is 11.5. The van der Waals surface area contributed by atoms with Gasteiger partial charge in [-0.15, -0.1) is 0 Å². The summed E-state index contributed by atoms with van der Waals surface area (Å²) in [6.07, 6.45) is 2.50. The second-order valence-corrected chi connectivity index (χ2v) is 4.82. The van der Waals surface area contributed by atoms with Crippen molar-refractivity contribution in [1.29, 1.82) is 0 Å². The molecule has 2 rings (SSSR count). The smallest absolute Gasteiger partial charge is 0.221 e. The van der Waals surface area contributed by atoms with E-state index in [4.69, 9.17) is 10.5 Å². The molecule has 0 bridgehead atoms. The number of nitrogens with one attached hydrogen (secondary N) is 2. The maximum Gasteiger partial charge on any atom is 0.221 e. The van der Waals surface area contributed by atoms with Crippen molar-refractivity contribution in [2.24, 2.45) is 0 Å². The molecule has 1 saturated carbocycles. The standard InChI is InChI=1S/C14H20FN3O2/c1-2-20-13-8-12(11(16)7-10(13)15)17-6-5-14(19)18-9-3-4-9/h7-9,17H,2-6,16H2,1H3,(H,18,19). The first-order valence-electron chi connectivity index (χ1n) is 6.85. The maximum atomic E-state index is 13.5. The molecule has 0 heterocycles. The van der Waals surface area contributed by atoms with Crippen LogP contribution in [0.5, 0.6) is 5.75 Å². The topological polar surface area (TPSA) is 76.4 Å². The quantitative estimate of drug-likeness (QED) is 0.667. The fourth-order valence-electron chi connectivity index (χ4n) is 1.83. The number of rotatable bonds is 7. The Balaban J connectivity index is 1.87. The Hall–Kier alpha value is -1.98. The van der Waals surface area contributed by atoms with Gasteiger partial charge in [-0.25, -0.2) is 4.39 Å². The highest BCUT2D eigenvalue weighted by Gasteiger charge is 2.22. The third-order valence-corrected chi connectivity index (χ3v) is 3.01. The fourth-order valence-corrected chi connectivity index (χ4v) is 1.83. The molecule has 1 aromatic rings. The summed E-state index contributed by atoms with van der Waals surface area (Å²) in [6, 6.07) is 3.10. The van der Waals surface area contributed by atoms with Crippen molar-refractivity contribution in [3.8, 4) is 5.75 Å². The molecule has 0 aliphatic heterocycles. The van der Waals surface area contributed by atoms with E-state index >= 15 is 0 Å². The van der Waals surface area contributed by atoms with Crippen molar-refractivity contribution in [3.63, 3.8) is 0 Å². The van der Waals surface area contributed by atoms with Gasteiger partial charge in [-0.1, -0.05) is 0 Å². The van der Waals surface area contributed by atoms with Gasteiger partial charge in [0.15, 0.2) is 11.6 Å². The van der Waals surface area contributed by atoms with Gasteiger partial charge < -0.3 is 21.1 Å². The van der Waals surface area contributed by atoms with Crippen molar-refractivity contribution < 1.29 is 13.9 Å². The molecule has 110 valence electrons. The van der Waals surface area contributed by atoms with Crippen LogP contribution in [0.2, 0.25) is 0 Å². The summed E-state index contributed by atoms with van der Waals surface area (Å²) in [7, 11) is 0. The first-order valence-corrected chi connectivity index (χ1v) is 6.85. The van der Waals surface area contributed by atoms with E-state index in [1.807, 2.05) is 0 Å². The van der Waals surface area contributed by atoms with Crippen LogP contribution in [0.4, 0.5) is 15.8 Å². The van der Waals surface area contributed by atoms with Crippen molar-refractivity contribution in [1.82, 2.24) is 5.32 Å². The van der Waals surface area contributed by atoms with Crippen LogP contribution in [-0.4, -0.2) is 25.1 Å². The van der Waals surface area contributed by atoms with Gasteiger partial charge in [0, 0.05) is 31.1 Å². The summed E-state index contributed by atoms with van der Waals surface area (Å²) >= 11 is 0. The Labute approximate surface area is 117 Å². The largest absolute Gasteiger partial charge is 0.491 e. The molecule has 0 atom stereocenters. The molecule has 20 heavy (non-hydrogen) atoms. The third-order valence-electron chi connectivity index (χ3n) is 3.01. The van der Waals surface area contributed by atoms with Crippen LogP contribution in [0.1, 0.15) is 26.2 Å². The average Bonchev–Trinajstić information content (AvgIpc) is 3.18. The van der Waals surface area contributed by atoms with Gasteiger partial charge in [-0.2, -0.15) is 0 Å². The molecule has 0 saturated heterocycles. The number of benzene rings is 1. The van der Waals surface area contributed by atoms with E-state index in [0.717, 1.165) is 12.8 Å². The number of amides is 1. The first-order chi connectivity index (χ1) is 9.60. The molecule has 4 N–H and O–H groups in total. The van der Waals surface area contributed by atoms with E-state index in [-0.39, 0.29) is 11.7 Å². The summed E-state index contributed by atoms with van der Waals surface area (Å²) in [6.45, 7) is 2.61. The normalized spacial score (nSPS) is 13.9. The van der Waals surface area contributed by atoms with Gasteiger partial charge >= 0.3 is 0 Å². The minimum atomic E-state index is -0.485. The van der Waals surface area contributed by atoms with Gasteiger partial charge in [0.1, 0.15) is 0 Å². The van der Waals surface area contributed by atoms with Crippen LogP contribution in [0.15, 0.2) is 12.1 Å². The van der Waals surface area contributed by atoms with Crippen LogP contribution in [0, 0.1) is 5.82 Å². The van der Waals surface area contributed by atoms with E-state index < -0.39 is 5.82 Å². The van der Waals surface area contributed by atoms with E-state index in [1.54, 1.807) is 6.92 Å². The van der Waals surface area contributed by atoms with Crippen LogP contribution < -0.4 is 21.1 Å². The van der Waals surface area contributed by atoms with Gasteiger partial charge in [0.2, 0.25) is 5.91 Å². The van der Waals surface area contributed by atoms with Gasteiger partial charge in [-0.3, -0.25) is 4.79 Å². The predicted octanol–water partition coefficient (Wildman–Crippen LogP) is 1.89. The van der Waals surface area contributed by atoms with Crippen molar-refractivity contribution in [3.05, 3.63) is 17.9 Å². The number of anilines is 2. The zero-order valence-electron chi connectivity index (χ0n) is 11.5. The summed E-state index contributed by atoms with van der Waals surface area (Å²) in [5, 5.41) is 5.93. The monoisotopic (exact) mass is 281 g/mol. The second-order valence-electron chi connectivity index (χ2n) is 4.82. The molecule has 0 radical (unpaired) electrons. The first kappa shape index (κ1) is 14.4. The van der Waals surface area contributed by atoms with Gasteiger partial charge in [0.05, 0.1) is 18.0 Å². The molecule has 0 aromatic heterocycles. The Bertz CT molecular complexity index is 490. The fraction of sp³-hybridized carbons (Fsp3) is 0.500. The lowest BCUT2D eigenvalue weighted by Crippen LogP contribution is -2.27. The van der Waals surface area contributed by atoms with Crippen molar-refractivity contribution >= 4 is 17.3 Å². The third kappa shape index (κ3) is 4.01. The second kappa shape index (κ2) is 6.45. The van der Waals surface area contributed by atoms with E-state index in [9.17, 15) is 9.18 Å². The van der Waals surface area contributed by atoms with Crippen LogP contribution in [0.25, 0.3) is 0 Å². The zero-order valence-corrected chi connectivity index (χ0v) is 11.5.